The third-order valence-corrected chi connectivity index (χ3v) is 5.16. The maximum Gasteiger partial charge on any atom is 0.228 e. The topological polar surface area (TPSA) is 92.9 Å². The first-order chi connectivity index (χ1) is 14.1. The lowest BCUT2D eigenvalue weighted by Crippen LogP contribution is -2.15. The molecular formula is C21H19N5O2S. The number of benzene rings is 1. The Labute approximate surface area is 171 Å². The van der Waals surface area contributed by atoms with Crippen molar-refractivity contribution in [1.82, 2.24) is 15.1 Å². The average Bonchev–Trinajstić information content (AvgIpc) is 3.31. The van der Waals surface area contributed by atoms with Gasteiger partial charge in [0.25, 0.3) is 0 Å². The summed E-state index contributed by atoms with van der Waals surface area (Å²) in [7, 11) is 0. The van der Waals surface area contributed by atoms with E-state index in [1.54, 1.807) is 12.4 Å². The zero-order chi connectivity index (χ0) is 20.2. The van der Waals surface area contributed by atoms with Crippen LogP contribution in [0.15, 0.2) is 58.7 Å². The molecule has 7 nitrogen and oxygen atoms in total. The van der Waals surface area contributed by atoms with Crippen molar-refractivity contribution in [3.63, 3.8) is 0 Å². The molecule has 0 saturated carbocycles. The van der Waals surface area contributed by atoms with Crippen molar-refractivity contribution in [2.45, 2.75) is 20.3 Å². The summed E-state index contributed by atoms with van der Waals surface area (Å²) >= 11 is 1.52. The summed E-state index contributed by atoms with van der Waals surface area (Å²) in [5.74, 6) is 0.566. The molecule has 0 atom stereocenters. The third-order valence-electron chi connectivity index (χ3n) is 4.40. The molecule has 3 heterocycles. The van der Waals surface area contributed by atoms with Gasteiger partial charge < -0.3 is 15.2 Å². The molecule has 2 N–H and O–H groups in total. The Bertz CT molecular complexity index is 1100. The standard InChI is InChI=1S/C21H19N5O2S/c1-13-18(14(2)28-26-13)10-20(27)23-16-7-5-15(6-8-16)19-12-29-21(25-19)24-17-4-3-9-22-11-17/h3-9,11-12H,10H2,1-2H3,(H,23,27)(H,24,25). The van der Waals surface area contributed by atoms with Crippen molar-refractivity contribution in [2.24, 2.45) is 0 Å². The van der Waals surface area contributed by atoms with Gasteiger partial charge in [0.15, 0.2) is 5.13 Å². The smallest absolute Gasteiger partial charge is 0.228 e. The summed E-state index contributed by atoms with van der Waals surface area (Å²) in [6, 6.07) is 11.4. The highest BCUT2D eigenvalue weighted by molar-refractivity contribution is 7.14. The number of thiazole rings is 1. The van der Waals surface area contributed by atoms with Crippen LogP contribution in [0.1, 0.15) is 17.0 Å². The van der Waals surface area contributed by atoms with Crippen LogP contribution in [-0.2, 0) is 11.2 Å². The number of hydrogen-bond donors (Lipinski definition) is 2. The van der Waals surface area contributed by atoms with Gasteiger partial charge in [0, 0.05) is 28.4 Å². The second kappa shape index (κ2) is 8.24. The molecule has 0 unspecified atom stereocenters. The van der Waals surface area contributed by atoms with E-state index in [0.29, 0.717) is 5.76 Å². The lowest BCUT2D eigenvalue weighted by molar-refractivity contribution is -0.115. The van der Waals surface area contributed by atoms with Crippen LogP contribution in [-0.4, -0.2) is 21.0 Å². The van der Waals surface area contributed by atoms with E-state index in [9.17, 15) is 4.79 Å². The molecular weight excluding hydrogens is 386 g/mol. The molecule has 0 aliphatic heterocycles. The van der Waals surface area contributed by atoms with E-state index in [1.165, 1.54) is 11.3 Å². The fourth-order valence-electron chi connectivity index (χ4n) is 2.87. The number of carbonyl (C=O) groups is 1. The van der Waals surface area contributed by atoms with Crippen LogP contribution < -0.4 is 10.6 Å². The van der Waals surface area contributed by atoms with Crippen LogP contribution in [0.3, 0.4) is 0 Å². The average molecular weight is 405 g/mol. The summed E-state index contributed by atoms with van der Waals surface area (Å²) in [6.45, 7) is 3.64. The van der Waals surface area contributed by atoms with Crippen molar-refractivity contribution in [1.29, 1.82) is 0 Å². The number of amides is 1. The van der Waals surface area contributed by atoms with Crippen molar-refractivity contribution >= 4 is 33.8 Å². The molecule has 0 bridgehead atoms. The van der Waals surface area contributed by atoms with Gasteiger partial charge in [-0.3, -0.25) is 9.78 Å². The van der Waals surface area contributed by atoms with Gasteiger partial charge in [-0.1, -0.05) is 17.3 Å². The molecule has 1 amide bonds. The van der Waals surface area contributed by atoms with Gasteiger partial charge in [-0.25, -0.2) is 4.98 Å². The minimum atomic E-state index is -0.108. The molecule has 0 fully saturated rings. The summed E-state index contributed by atoms with van der Waals surface area (Å²) in [6.07, 6.45) is 3.71. The maximum absolute atomic E-state index is 12.3. The van der Waals surface area contributed by atoms with E-state index >= 15 is 0 Å². The van der Waals surface area contributed by atoms with E-state index < -0.39 is 0 Å². The minimum absolute atomic E-state index is 0.108. The Morgan fingerprint density at radius 2 is 1.97 bits per heavy atom. The van der Waals surface area contributed by atoms with Gasteiger partial charge in [-0.05, 0) is 38.1 Å². The Kier molecular flexibility index (Phi) is 5.35. The fraction of sp³-hybridized carbons (Fsp3) is 0.143. The first-order valence-corrected chi connectivity index (χ1v) is 9.91. The SMILES string of the molecule is Cc1noc(C)c1CC(=O)Nc1ccc(-c2csc(Nc3cccnc3)n2)cc1. The molecule has 0 radical (unpaired) electrons. The molecule has 3 aromatic heterocycles. The molecule has 0 aliphatic carbocycles. The van der Waals surface area contributed by atoms with Crippen LogP contribution in [0.4, 0.5) is 16.5 Å². The summed E-state index contributed by atoms with van der Waals surface area (Å²) in [5.41, 5.74) is 5.04. The van der Waals surface area contributed by atoms with Crippen LogP contribution in [0.5, 0.6) is 0 Å². The number of aromatic nitrogens is 3. The number of anilines is 3. The molecule has 0 spiro atoms. The molecule has 8 heteroatoms. The van der Waals surface area contributed by atoms with Crippen LogP contribution in [0.2, 0.25) is 0 Å². The lowest BCUT2D eigenvalue weighted by atomic mass is 10.1. The summed E-state index contributed by atoms with van der Waals surface area (Å²) in [5, 5.41) is 12.8. The normalized spacial score (nSPS) is 10.7. The highest BCUT2D eigenvalue weighted by atomic mass is 32.1. The van der Waals surface area contributed by atoms with Crippen LogP contribution in [0, 0.1) is 13.8 Å². The Hall–Kier alpha value is -3.52. The number of nitrogens with one attached hydrogen (secondary N) is 2. The first-order valence-electron chi connectivity index (χ1n) is 9.03. The number of carbonyl (C=O) groups excluding carboxylic acids is 1. The summed E-state index contributed by atoms with van der Waals surface area (Å²) in [4.78, 5) is 21.0. The molecule has 4 rings (SSSR count). The van der Waals surface area contributed by atoms with E-state index in [4.69, 9.17) is 4.52 Å². The third kappa shape index (κ3) is 4.49. The molecule has 1 aromatic carbocycles. The summed E-state index contributed by atoms with van der Waals surface area (Å²) < 4.78 is 5.11. The van der Waals surface area contributed by atoms with E-state index in [1.807, 2.05) is 55.6 Å². The number of pyridine rings is 1. The van der Waals surface area contributed by atoms with Gasteiger partial charge in [0.2, 0.25) is 5.91 Å². The predicted molar refractivity (Wildman–Crippen MR) is 113 cm³/mol. The monoisotopic (exact) mass is 405 g/mol. The quantitative estimate of drug-likeness (QED) is 0.481. The van der Waals surface area contributed by atoms with Crippen molar-refractivity contribution in [3.8, 4) is 11.3 Å². The van der Waals surface area contributed by atoms with Gasteiger partial charge in [0.05, 0.1) is 29.7 Å². The number of nitrogens with zero attached hydrogens (tertiary/aromatic N) is 3. The zero-order valence-electron chi connectivity index (χ0n) is 16.0. The highest BCUT2D eigenvalue weighted by Gasteiger charge is 2.13. The number of aryl methyl sites for hydroxylation is 2. The molecule has 29 heavy (non-hydrogen) atoms. The van der Waals surface area contributed by atoms with Crippen molar-refractivity contribution in [2.75, 3.05) is 10.6 Å². The number of rotatable bonds is 6. The largest absolute Gasteiger partial charge is 0.361 e. The van der Waals surface area contributed by atoms with Gasteiger partial charge in [0.1, 0.15) is 5.76 Å². The fourth-order valence-corrected chi connectivity index (χ4v) is 3.61. The van der Waals surface area contributed by atoms with Crippen molar-refractivity contribution in [3.05, 3.63) is 71.2 Å². The molecule has 146 valence electrons. The predicted octanol–water partition coefficient (Wildman–Crippen LogP) is 4.73. The minimum Gasteiger partial charge on any atom is -0.361 e. The lowest BCUT2D eigenvalue weighted by Gasteiger charge is -2.06. The maximum atomic E-state index is 12.3. The van der Waals surface area contributed by atoms with Crippen LogP contribution >= 0.6 is 11.3 Å². The van der Waals surface area contributed by atoms with Gasteiger partial charge in [-0.15, -0.1) is 11.3 Å². The van der Waals surface area contributed by atoms with Crippen LogP contribution in [0.25, 0.3) is 11.3 Å². The van der Waals surface area contributed by atoms with Crippen molar-refractivity contribution < 1.29 is 9.32 Å². The zero-order valence-corrected chi connectivity index (χ0v) is 16.8. The highest BCUT2D eigenvalue weighted by Crippen LogP contribution is 2.27. The first kappa shape index (κ1) is 18.8. The number of hydrogen-bond acceptors (Lipinski definition) is 7. The molecule has 4 aromatic rings. The molecule has 0 saturated heterocycles. The van der Waals surface area contributed by atoms with E-state index in [-0.39, 0.29) is 12.3 Å². The second-order valence-corrected chi connectivity index (χ2v) is 7.37. The Morgan fingerprint density at radius 3 is 2.66 bits per heavy atom. The second-order valence-electron chi connectivity index (χ2n) is 6.51. The molecule has 0 aliphatic rings. The van der Waals surface area contributed by atoms with E-state index in [2.05, 4.69) is 25.8 Å². The van der Waals surface area contributed by atoms with E-state index in [0.717, 1.165) is 39.0 Å². The Balaban J connectivity index is 1.40. The van der Waals surface area contributed by atoms with Gasteiger partial charge in [-0.2, -0.15) is 0 Å². The Morgan fingerprint density at radius 1 is 1.14 bits per heavy atom. The van der Waals surface area contributed by atoms with Gasteiger partial charge >= 0.3 is 0 Å².